The lowest BCUT2D eigenvalue weighted by Crippen LogP contribution is -2.26. The lowest BCUT2D eigenvalue weighted by atomic mass is 9.75. The van der Waals surface area contributed by atoms with Crippen LogP contribution in [0, 0.1) is 0 Å². The van der Waals surface area contributed by atoms with E-state index in [1.54, 1.807) is 0 Å². The van der Waals surface area contributed by atoms with Gasteiger partial charge in [0.2, 0.25) is 0 Å². The Morgan fingerprint density at radius 3 is 2.26 bits per heavy atom. The van der Waals surface area contributed by atoms with E-state index in [4.69, 9.17) is 0 Å². The van der Waals surface area contributed by atoms with Gasteiger partial charge in [-0.2, -0.15) is 0 Å². The fraction of sp³-hybridized carbons (Fsp3) is 0.0750. The van der Waals surface area contributed by atoms with E-state index < -0.39 is 0 Å². The van der Waals surface area contributed by atoms with Gasteiger partial charge < -0.3 is 9.47 Å². The Bertz CT molecular complexity index is 2250. The average Bonchev–Trinajstić information content (AvgIpc) is 3.38. The molecule has 0 fully saturated rings. The SMILES string of the molecule is C=Cc1cc(N(c2cccnc2)c2ccc3c(c2)c2cccc4c2n3-c2ccccc2C4(C)C)c2ccccc2c1C=C. The van der Waals surface area contributed by atoms with Gasteiger partial charge in [-0.25, -0.2) is 0 Å². The van der Waals surface area contributed by atoms with Crippen LogP contribution in [-0.4, -0.2) is 9.55 Å². The number of fused-ring (bicyclic) bond motifs is 6. The van der Waals surface area contributed by atoms with E-state index in [0.29, 0.717) is 0 Å². The van der Waals surface area contributed by atoms with Gasteiger partial charge in [0.15, 0.2) is 0 Å². The number of benzene rings is 5. The van der Waals surface area contributed by atoms with Crippen molar-refractivity contribution in [3.8, 4) is 5.69 Å². The highest BCUT2D eigenvalue weighted by Crippen LogP contribution is 2.49. The van der Waals surface area contributed by atoms with Crippen molar-refractivity contribution in [3.63, 3.8) is 0 Å². The van der Waals surface area contributed by atoms with Crippen molar-refractivity contribution >= 4 is 61.8 Å². The van der Waals surface area contributed by atoms with Crippen LogP contribution in [-0.2, 0) is 5.41 Å². The molecule has 0 unspecified atom stereocenters. The van der Waals surface area contributed by atoms with Crippen LogP contribution in [0.15, 0.2) is 129 Å². The second-order valence-electron chi connectivity index (χ2n) is 11.8. The maximum absolute atomic E-state index is 4.52. The third kappa shape index (κ3) is 3.52. The summed E-state index contributed by atoms with van der Waals surface area (Å²) in [5, 5.41) is 4.78. The zero-order valence-electron chi connectivity index (χ0n) is 24.4. The number of hydrogen-bond donors (Lipinski definition) is 0. The fourth-order valence-electron chi connectivity index (χ4n) is 7.19. The monoisotopic (exact) mass is 553 g/mol. The van der Waals surface area contributed by atoms with E-state index in [2.05, 4.69) is 139 Å². The predicted octanol–water partition coefficient (Wildman–Crippen LogP) is 10.7. The van der Waals surface area contributed by atoms with Crippen LogP contribution in [0.4, 0.5) is 17.1 Å². The van der Waals surface area contributed by atoms with E-state index >= 15 is 0 Å². The summed E-state index contributed by atoms with van der Waals surface area (Å²) in [6, 6.07) is 37.3. The molecule has 0 amide bonds. The van der Waals surface area contributed by atoms with E-state index in [1.807, 2.05) is 30.6 Å². The molecule has 0 spiro atoms. The van der Waals surface area contributed by atoms with E-state index in [-0.39, 0.29) is 5.41 Å². The second kappa shape index (κ2) is 9.30. The third-order valence-corrected chi connectivity index (χ3v) is 9.19. The lowest BCUT2D eigenvalue weighted by molar-refractivity contribution is 0.630. The molecule has 8 rings (SSSR count). The summed E-state index contributed by atoms with van der Waals surface area (Å²) >= 11 is 0. The van der Waals surface area contributed by atoms with Gasteiger partial charge >= 0.3 is 0 Å². The number of aromatic nitrogens is 2. The smallest absolute Gasteiger partial charge is 0.0645 e. The molecule has 1 aliphatic heterocycles. The topological polar surface area (TPSA) is 21.1 Å². The molecule has 3 heteroatoms. The van der Waals surface area contributed by atoms with E-state index in [1.165, 1.54) is 38.6 Å². The minimum absolute atomic E-state index is 0.0993. The van der Waals surface area contributed by atoms with Crippen LogP contribution in [0.2, 0.25) is 0 Å². The fourth-order valence-corrected chi connectivity index (χ4v) is 7.19. The molecule has 5 aromatic carbocycles. The molecule has 3 heterocycles. The van der Waals surface area contributed by atoms with Gasteiger partial charge in [0.25, 0.3) is 0 Å². The maximum atomic E-state index is 4.52. The summed E-state index contributed by atoms with van der Waals surface area (Å²) in [7, 11) is 0. The molecule has 0 aliphatic carbocycles. The van der Waals surface area contributed by atoms with Crippen LogP contribution in [0.3, 0.4) is 0 Å². The summed E-state index contributed by atoms with van der Waals surface area (Å²) in [6.07, 6.45) is 7.60. The van der Waals surface area contributed by atoms with Crippen LogP contribution >= 0.6 is 0 Å². The Labute approximate surface area is 251 Å². The van der Waals surface area contributed by atoms with Gasteiger partial charge in [-0.1, -0.05) is 99.8 Å². The molecule has 206 valence electrons. The Morgan fingerprint density at radius 2 is 1.47 bits per heavy atom. The highest BCUT2D eigenvalue weighted by atomic mass is 15.1. The molecule has 2 aromatic heterocycles. The number of nitrogens with zero attached hydrogens (tertiary/aromatic N) is 3. The first-order valence-electron chi connectivity index (χ1n) is 14.7. The van der Waals surface area contributed by atoms with Crippen LogP contribution in [0.5, 0.6) is 0 Å². The van der Waals surface area contributed by atoms with Crippen molar-refractivity contribution < 1.29 is 0 Å². The molecule has 0 radical (unpaired) electrons. The normalized spacial score (nSPS) is 13.3. The molecule has 43 heavy (non-hydrogen) atoms. The molecule has 0 bridgehead atoms. The standard InChI is InChI=1S/C40H31N3/c1-5-26-23-38(31-15-8-7-14-30(31)29(26)6-2)42(28-13-12-22-41-25-28)27-20-21-36-33(24-27)32-16-11-18-35-39(32)43(36)37-19-10-9-17-34(37)40(35,3)4/h5-25H,1-2H2,3-4H3. The molecule has 1 aliphatic rings. The first-order valence-corrected chi connectivity index (χ1v) is 14.7. The summed E-state index contributed by atoms with van der Waals surface area (Å²) in [5.74, 6) is 0. The van der Waals surface area contributed by atoms with Crippen molar-refractivity contribution in [1.29, 1.82) is 0 Å². The van der Waals surface area contributed by atoms with Gasteiger partial charge in [0.05, 0.1) is 34.3 Å². The molecule has 0 saturated heterocycles. The number of rotatable bonds is 5. The van der Waals surface area contributed by atoms with Gasteiger partial charge in [-0.05, 0) is 70.1 Å². The third-order valence-electron chi connectivity index (χ3n) is 9.19. The van der Waals surface area contributed by atoms with Crippen LogP contribution < -0.4 is 4.90 Å². The van der Waals surface area contributed by atoms with Gasteiger partial charge in [-0.3, -0.25) is 4.98 Å². The number of para-hydroxylation sites is 2. The second-order valence-corrected chi connectivity index (χ2v) is 11.8. The van der Waals surface area contributed by atoms with Crippen molar-refractivity contribution in [2.45, 2.75) is 19.3 Å². The largest absolute Gasteiger partial charge is 0.309 e. The predicted molar refractivity (Wildman–Crippen MR) is 183 cm³/mol. The molecule has 0 atom stereocenters. The Balaban J connectivity index is 1.46. The average molecular weight is 554 g/mol. The highest BCUT2D eigenvalue weighted by molar-refractivity contribution is 6.13. The minimum Gasteiger partial charge on any atom is -0.309 e. The lowest BCUT2D eigenvalue weighted by Gasteiger charge is -2.34. The molecular formula is C40H31N3. The number of pyridine rings is 1. The van der Waals surface area contributed by atoms with Gasteiger partial charge in [0.1, 0.15) is 0 Å². The van der Waals surface area contributed by atoms with Crippen molar-refractivity contribution in [2.24, 2.45) is 0 Å². The van der Waals surface area contributed by atoms with Crippen molar-refractivity contribution in [1.82, 2.24) is 9.55 Å². The number of hydrogen-bond acceptors (Lipinski definition) is 2. The Hall–Kier alpha value is -5.41. The molecule has 3 nitrogen and oxygen atoms in total. The van der Waals surface area contributed by atoms with Crippen LogP contribution in [0.1, 0.15) is 36.1 Å². The maximum Gasteiger partial charge on any atom is 0.0645 e. The van der Waals surface area contributed by atoms with Gasteiger partial charge in [-0.15, -0.1) is 0 Å². The summed E-state index contributed by atoms with van der Waals surface area (Å²) in [5.41, 5.74) is 11.6. The zero-order valence-corrected chi connectivity index (χ0v) is 24.4. The van der Waals surface area contributed by atoms with E-state index in [9.17, 15) is 0 Å². The zero-order chi connectivity index (χ0) is 29.3. The first kappa shape index (κ1) is 25.3. The van der Waals surface area contributed by atoms with Crippen molar-refractivity contribution in [3.05, 3.63) is 151 Å². The minimum atomic E-state index is -0.0993. The van der Waals surface area contributed by atoms with E-state index in [0.717, 1.165) is 39.0 Å². The quantitative estimate of drug-likeness (QED) is 0.211. The molecule has 7 aromatic rings. The number of anilines is 3. The summed E-state index contributed by atoms with van der Waals surface area (Å²) in [6.45, 7) is 12.9. The van der Waals surface area contributed by atoms with Crippen LogP contribution in [0.25, 0.3) is 50.4 Å². The summed E-state index contributed by atoms with van der Waals surface area (Å²) in [4.78, 5) is 6.84. The first-order chi connectivity index (χ1) is 21.0. The van der Waals surface area contributed by atoms with Crippen molar-refractivity contribution in [2.75, 3.05) is 4.90 Å². The van der Waals surface area contributed by atoms with Gasteiger partial charge in [0, 0.05) is 33.5 Å². The molecule has 0 N–H and O–H groups in total. The Morgan fingerprint density at radius 1 is 0.698 bits per heavy atom. The Kier molecular flexibility index (Phi) is 5.48. The highest BCUT2D eigenvalue weighted by Gasteiger charge is 2.35. The molecule has 0 saturated carbocycles. The molecular weight excluding hydrogens is 522 g/mol. The summed E-state index contributed by atoms with van der Waals surface area (Å²) < 4.78 is 2.46.